The molecule has 0 fully saturated rings. The number of rotatable bonds is 2. The maximum Gasteiger partial charge on any atom is 0.289 e. The lowest BCUT2D eigenvalue weighted by atomic mass is 9.94. The second kappa shape index (κ2) is 5.20. The van der Waals surface area contributed by atoms with Gasteiger partial charge in [0.15, 0.2) is 0 Å². The van der Waals surface area contributed by atoms with Crippen molar-refractivity contribution in [1.82, 2.24) is 14.9 Å². The van der Waals surface area contributed by atoms with E-state index in [9.17, 15) is 18.4 Å². The van der Waals surface area contributed by atoms with Crippen LogP contribution in [0.25, 0.3) is 32.8 Å². The molecule has 0 spiro atoms. The van der Waals surface area contributed by atoms with Crippen molar-refractivity contribution < 1.29 is 18.4 Å². The highest BCUT2D eigenvalue weighted by atomic mass is 19.3. The van der Waals surface area contributed by atoms with Crippen molar-refractivity contribution in [2.75, 3.05) is 0 Å². The molecule has 0 aliphatic heterocycles. The van der Waals surface area contributed by atoms with Crippen molar-refractivity contribution in [3.05, 3.63) is 60.3 Å². The first-order valence-electron chi connectivity index (χ1n) is 7.48. The molecule has 4 nitrogen and oxygen atoms in total. The molecule has 0 saturated heterocycles. The maximum atomic E-state index is 14.2. The Labute approximate surface area is 140 Å². The molecule has 0 atom stereocenters. The standard InChI is InChI=1S/C18H12F3N3O/c1-18(20,21)17-16(10-2-4-13(19)5-3-10)14-6-11-8-22-23-15(11)7-12(14)9-24(17)25/h2-9,25H,1H3. The van der Waals surface area contributed by atoms with Crippen molar-refractivity contribution in [1.29, 1.82) is 0 Å². The van der Waals surface area contributed by atoms with Crippen LogP contribution in [0, 0.1) is 5.82 Å². The lowest BCUT2D eigenvalue weighted by Gasteiger charge is -2.21. The number of nitrogens with zero attached hydrogens (tertiary/aromatic N) is 3. The molecule has 2 aromatic heterocycles. The molecule has 25 heavy (non-hydrogen) atoms. The van der Waals surface area contributed by atoms with Crippen LogP contribution in [-0.4, -0.2) is 20.1 Å². The first-order valence-corrected chi connectivity index (χ1v) is 7.48. The second-order valence-electron chi connectivity index (χ2n) is 5.94. The van der Waals surface area contributed by atoms with Gasteiger partial charge in [-0.2, -0.15) is 23.7 Å². The van der Waals surface area contributed by atoms with Crippen molar-refractivity contribution in [3.8, 4) is 11.1 Å². The number of aromatic nitrogens is 3. The zero-order valence-corrected chi connectivity index (χ0v) is 13.0. The fraction of sp³-hybridized carbons (Fsp3) is 0.111. The van der Waals surface area contributed by atoms with Gasteiger partial charge >= 0.3 is 0 Å². The molecule has 7 heteroatoms. The van der Waals surface area contributed by atoms with Gasteiger partial charge in [0.1, 0.15) is 11.5 Å². The Morgan fingerprint density at radius 1 is 1.08 bits per heavy atom. The molecule has 1 N–H and O–H groups in total. The Bertz CT molecular complexity index is 1100. The first-order chi connectivity index (χ1) is 11.8. The van der Waals surface area contributed by atoms with Gasteiger partial charge in [-0.05, 0) is 35.2 Å². The molecule has 126 valence electrons. The average Bonchev–Trinajstić information content (AvgIpc) is 2.98. The van der Waals surface area contributed by atoms with Crippen LogP contribution in [0.2, 0.25) is 0 Å². The van der Waals surface area contributed by atoms with Crippen LogP contribution in [0.15, 0.2) is 48.8 Å². The zero-order chi connectivity index (χ0) is 17.8. The summed E-state index contributed by atoms with van der Waals surface area (Å²) in [6.45, 7) is 0.706. The average molecular weight is 343 g/mol. The van der Waals surface area contributed by atoms with E-state index in [-0.39, 0.29) is 5.56 Å². The fourth-order valence-electron chi connectivity index (χ4n) is 3.06. The van der Waals surface area contributed by atoms with Gasteiger partial charge in [-0.1, -0.05) is 12.1 Å². The molecular formula is C18H12F3N3O. The molecule has 0 aliphatic carbocycles. The summed E-state index contributed by atoms with van der Waals surface area (Å²) < 4.78 is 42.2. The molecule has 0 unspecified atom stereocenters. The van der Waals surface area contributed by atoms with Gasteiger partial charge in [-0.3, -0.25) is 0 Å². The number of hydrogen-bond acceptors (Lipinski definition) is 3. The summed E-state index contributed by atoms with van der Waals surface area (Å²) in [5.74, 6) is -3.79. The van der Waals surface area contributed by atoms with Gasteiger partial charge in [0.05, 0.1) is 17.9 Å². The predicted octanol–water partition coefficient (Wildman–Crippen LogP) is 4.74. The van der Waals surface area contributed by atoms with Crippen LogP contribution >= 0.6 is 0 Å². The lowest BCUT2D eigenvalue weighted by Crippen LogP contribution is -2.18. The van der Waals surface area contributed by atoms with E-state index in [1.54, 1.807) is 12.1 Å². The molecule has 0 bridgehead atoms. The first kappa shape index (κ1) is 15.4. The van der Waals surface area contributed by atoms with E-state index in [0.717, 1.165) is 0 Å². The van der Waals surface area contributed by atoms with E-state index in [0.29, 0.717) is 38.9 Å². The maximum absolute atomic E-state index is 14.2. The van der Waals surface area contributed by atoms with Gasteiger partial charge in [-0.25, -0.2) is 4.39 Å². The highest BCUT2D eigenvalue weighted by Crippen LogP contribution is 2.40. The van der Waals surface area contributed by atoms with Crippen LogP contribution in [0.5, 0.6) is 0 Å². The van der Waals surface area contributed by atoms with Crippen LogP contribution in [0.4, 0.5) is 13.2 Å². The van der Waals surface area contributed by atoms with Crippen LogP contribution in [0.1, 0.15) is 12.6 Å². The molecule has 4 rings (SSSR count). The summed E-state index contributed by atoms with van der Waals surface area (Å²) in [7, 11) is 0. The minimum Gasteiger partial charge on any atom is -0.428 e. The van der Waals surface area contributed by atoms with Crippen molar-refractivity contribution >= 4 is 21.7 Å². The van der Waals surface area contributed by atoms with Gasteiger partial charge in [0.2, 0.25) is 0 Å². The SMILES string of the molecule is CC(F)(F)c1c(-c2ccc(F)cc2)c2cc3cnnc3cc2cn1O. The number of pyridine rings is 1. The Morgan fingerprint density at radius 2 is 1.80 bits per heavy atom. The molecule has 0 radical (unpaired) electrons. The number of fused-ring (bicyclic) bond motifs is 2. The topological polar surface area (TPSA) is 50.9 Å². The summed E-state index contributed by atoms with van der Waals surface area (Å²) in [6, 6.07) is 8.55. The van der Waals surface area contributed by atoms with Crippen molar-refractivity contribution in [3.63, 3.8) is 0 Å². The second-order valence-corrected chi connectivity index (χ2v) is 5.94. The van der Waals surface area contributed by atoms with E-state index in [2.05, 4.69) is 10.2 Å². The summed E-state index contributed by atoms with van der Waals surface area (Å²) in [4.78, 5) is 0. The van der Waals surface area contributed by atoms with Crippen LogP contribution < -0.4 is 0 Å². The number of alkyl halides is 2. The summed E-state index contributed by atoms with van der Waals surface area (Å²) in [5.41, 5.74) is 0.528. The third kappa shape index (κ3) is 2.48. The van der Waals surface area contributed by atoms with Crippen molar-refractivity contribution in [2.24, 2.45) is 0 Å². The Balaban J connectivity index is 2.18. The number of halogens is 3. The zero-order valence-electron chi connectivity index (χ0n) is 13.0. The summed E-state index contributed by atoms with van der Waals surface area (Å²) in [6.07, 6.45) is 2.75. The molecule has 0 amide bonds. The minimum atomic E-state index is -3.32. The Kier molecular flexibility index (Phi) is 3.21. The van der Waals surface area contributed by atoms with Crippen LogP contribution in [-0.2, 0) is 5.92 Å². The Morgan fingerprint density at radius 3 is 2.48 bits per heavy atom. The van der Waals surface area contributed by atoms with E-state index in [1.165, 1.54) is 36.7 Å². The van der Waals surface area contributed by atoms with Gasteiger partial charge in [0.25, 0.3) is 5.92 Å². The predicted molar refractivity (Wildman–Crippen MR) is 87.2 cm³/mol. The summed E-state index contributed by atoms with van der Waals surface area (Å²) in [5, 5.41) is 19.7. The van der Waals surface area contributed by atoms with E-state index in [1.807, 2.05) is 0 Å². The van der Waals surface area contributed by atoms with E-state index < -0.39 is 17.4 Å². The minimum absolute atomic E-state index is 0.135. The number of hydrogen-bond donors (Lipinski definition) is 1. The smallest absolute Gasteiger partial charge is 0.289 e. The van der Waals surface area contributed by atoms with Crippen LogP contribution in [0.3, 0.4) is 0 Å². The molecular weight excluding hydrogens is 331 g/mol. The monoisotopic (exact) mass is 343 g/mol. The highest BCUT2D eigenvalue weighted by molar-refractivity contribution is 6.04. The molecule has 4 aromatic rings. The molecule has 0 aliphatic rings. The quantitative estimate of drug-likeness (QED) is 0.535. The third-order valence-corrected chi connectivity index (χ3v) is 4.11. The molecule has 2 heterocycles. The van der Waals surface area contributed by atoms with E-state index in [4.69, 9.17) is 0 Å². The van der Waals surface area contributed by atoms with Gasteiger partial charge in [0, 0.05) is 23.3 Å². The van der Waals surface area contributed by atoms with E-state index >= 15 is 0 Å². The highest BCUT2D eigenvalue weighted by Gasteiger charge is 2.33. The normalized spacial score (nSPS) is 12.2. The van der Waals surface area contributed by atoms with Gasteiger partial charge in [-0.15, -0.1) is 0 Å². The van der Waals surface area contributed by atoms with Gasteiger partial charge < -0.3 is 5.21 Å². The molecule has 0 saturated carbocycles. The van der Waals surface area contributed by atoms with Crippen molar-refractivity contribution in [2.45, 2.75) is 12.8 Å². The number of benzene rings is 2. The summed E-state index contributed by atoms with van der Waals surface area (Å²) >= 11 is 0. The molecule has 2 aromatic carbocycles. The lowest BCUT2D eigenvalue weighted by molar-refractivity contribution is -0.00892. The third-order valence-electron chi connectivity index (χ3n) is 4.11. The largest absolute Gasteiger partial charge is 0.428 e. The Hall–Kier alpha value is -3.09. The fourth-order valence-corrected chi connectivity index (χ4v) is 3.06.